The van der Waals surface area contributed by atoms with E-state index in [9.17, 15) is 9.59 Å². The first-order valence-electron chi connectivity index (χ1n) is 7.70. The number of benzene rings is 1. The minimum absolute atomic E-state index is 0.210. The van der Waals surface area contributed by atoms with Gasteiger partial charge in [-0.1, -0.05) is 30.3 Å². The van der Waals surface area contributed by atoms with Crippen molar-refractivity contribution in [2.24, 2.45) is 0 Å². The molecule has 0 unspecified atom stereocenters. The fourth-order valence-corrected chi connectivity index (χ4v) is 2.43. The Labute approximate surface area is 139 Å². The molecule has 3 aromatic rings. The summed E-state index contributed by atoms with van der Waals surface area (Å²) in [7, 11) is 0. The van der Waals surface area contributed by atoms with E-state index < -0.39 is 11.6 Å². The molecule has 0 fully saturated rings. The first kappa shape index (κ1) is 16.0. The van der Waals surface area contributed by atoms with Crippen LogP contribution < -0.4 is 5.69 Å². The van der Waals surface area contributed by atoms with Crippen molar-refractivity contribution in [1.29, 1.82) is 0 Å². The molecule has 6 heteroatoms. The number of pyridine rings is 1. The Kier molecular flexibility index (Phi) is 3.97. The molecule has 0 radical (unpaired) electrons. The van der Waals surface area contributed by atoms with Crippen LogP contribution in [0.4, 0.5) is 0 Å². The number of esters is 1. The topological polar surface area (TPSA) is 65.6 Å². The van der Waals surface area contributed by atoms with E-state index in [0.29, 0.717) is 5.65 Å². The standard InChI is InChI=1S/C18H19N3O3/c1-18(2,3)24-16(22)12-21-17(23)20-10-9-14(11-15(20)19-21)13-7-5-4-6-8-13/h4-11H,12H2,1-3H3. The molecule has 0 aliphatic rings. The molecule has 0 aliphatic carbocycles. The Hall–Kier alpha value is -2.89. The summed E-state index contributed by atoms with van der Waals surface area (Å²) in [5.74, 6) is -0.490. The van der Waals surface area contributed by atoms with Crippen LogP contribution in [0.15, 0.2) is 53.5 Å². The number of nitrogens with zero attached hydrogens (tertiary/aromatic N) is 3. The van der Waals surface area contributed by atoms with E-state index in [2.05, 4.69) is 5.10 Å². The van der Waals surface area contributed by atoms with Crippen LogP contribution in [0, 0.1) is 0 Å². The largest absolute Gasteiger partial charge is 0.459 e. The summed E-state index contributed by atoms with van der Waals surface area (Å²) in [6, 6.07) is 13.5. The molecule has 1 aromatic carbocycles. The second-order valence-electron chi connectivity index (χ2n) is 6.54. The highest BCUT2D eigenvalue weighted by atomic mass is 16.6. The molecule has 0 saturated heterocycles. The Bertz CT molecular complexity index is 934. The first-order chi connectivity index (χ1) is 11.3. The van der Waals surface area contributed by atoms with Crippen LogP contribution in [0.2, 0.25) is 0 Å². The molecule has 124 valence electrons. The highest BCUT2D eigenvalue weighted by Gasteiger charge is 2.18. The highest BCUT2D eigenvalue weighted by Crippen LogP contribution is 2.19. The molecule has 0 spiro atoms. The molecule has 2 aromatic heterocycles. The second kappa shape index (κ2) is 5.96. The summed E-state index contributed by atoms with van der Waals surface area (Å²) in [5, 5.41) is 4.23. The third-order valence-electron chi connectivity index (χ3n) is 3.39. The molecule has 0 N–H and O–H groups in total. The molecule has 2 heterocycles. The van der Waals surface area contributed by atoms with Gasteiger partial charge in [0.05, 0.1) is 0 Å². The zero-order valence-electron chi connectivity index (χ0n) is 13.9. The number of carbonyl (C=O) groups is 1. The molecule has 24 heavy (non-hydrogen) atoms. The minimum Gasteiger partial charge on any atom is -0.459 e. The number of aromatic nitrogens is 3. The molecule has 0 saturated carbocycles. The molecule has 0 aliphatic heterocycles. The SMILES string of the molecule is CC(C)(C)OC(=O)Cn1nc2cc(-c3ccccc3)ccn2c1=O. The van der Waals surface area contributed by atoms with Crippen molar-refractivity contribution >= 4 is 11.6 Å². The van der Waals surface area contributed by atoms with Gasteiger partial charge >= 0.3 is 11.7 Å². The number of hydrogen-bond donors (Lipinski definition) is 0. The van der Waals surface area contributed by atoms with Crippen LogP contribution in [-0.2, 0) is 16.1 Å². The molecule has 0 amide bonds. The Morgan fingerprint density at radius 2 is 1.83 bits per heavy atom. The van der Waals surface area contributed by atoms with Crippen molar-refractivity contribution in [2.75, 3.05) is 0 Å². The maximum Gasteiger partial charge on any atom is 0.350 e. The number of fused-ring (bicyclic) bond motifs is 1. The smallest absolute Gasteiger partial charge is 0.350 e. The first-order valence-corrected chi connectivity index (χ1v) is 7.70. The van der Waals surface area contributed by atoms with Gasteiger partial charge < -0.3 is 4.74 Å². The van der Waals surface area contributed by atoms with Crippen LogP contribution in [-0.4, -0.2) is 25.8 Å². The lowest BCUT2D eigenvalue weighted by Gasteiger charge is -2.19. The third kappa shape index (κ3) is 3.37. The van der Waals surface area contributed by atoms with Crippen molar-refractivity contribution in [1.82, 2.24) is 14.2 Å². The Balaban J connectivity index is 1.93. The van der Waals surface area contributed by atoms with Gasteiger partial charge in [-0.05, 0) is 44.0 Å². The summed E-state index contributed by atoms with van der Waals surface area (Å²) in [4.78, 5) is 24.2. The van der Waals surface area contributed by atoms with E-state index in [-0.39, 0.29) is 12.2 Å². The summed E-state index contributed by atoms with van der Waals surface area (Å²) >= 11 is 0. The lowest BCUT2D eigenvalue weighted by molar-refractivity contribution is -0.155. The predicted octanol–water partition coefficient (Wildman–Crippen LogP) is 2.50. The highest BCUT2D eigenvalue weighted by molar-refractivity contribution is 5.70. The molecule has 0 atom stereocenters. The van der Waals surface area contributed by atoms with Gasteiger partial charge in [-0.15, -0.1) is 5.10 Å². The maximum absolute atomic E-state index is 12.3. The van der Waals surface area contributed by atoms with Crippen LogP contribution in [0.5, 0.6) is 0 Å². The van der Waals surface area contributed by atoms with Crippen molar-refractivity contribution in [3.8, 4) is 11.1 Å². The third-order valence-corrected chi connectivity index (χ3v) is 3.39. The fraction of sp³-hybridized carbons (Fsp3) is 0.278. The lowest BCUT2D eigenvalue weighted by atomic mass is 10.1. The van der Waals surface area contributed by atoms with Crippen molar-refractivity contribution < 1.29 is 9.53 Å². The average molecular weight is 325 g/mol. The summed E-state index contributed by atoms with van der Waals surface area (Å²) in [6.45, 7) is 5.13. The van der Waals surface area contributed by atoms with Crippen LogP contribution >= 0.6 is 0 Å². The van der Waals surface area contributed by atoms with Gasteiger partial charge in [-0.25, -0.2) is 9.48 Å². The number of carbonyl (C=O) groups excluding carboxylic acids is 1. The fourth-order valence-electron chi connectivity index (χ4n) is 2.43. The maximum atomic E-state index is 12.3. The zero-order chi connectivity index (χ0) is 17.3. The molecular formula is C18H19N3O3. The normalized spacial score (nSPS) is 11.6. The van der Waals surface area contributed by atoms with Gasteiger partial charge in [-0.2, -0.15) is 0 Å². The van der Waals surface area contributed by atoms with E-state index in [1.807, 2.05) is 42.5 Å². The van der Waals surface area contributed by atoms with Gasteiger partial charge in [-0.3, -0.25) is 9.20 Å². The van der Waals surface area contributed by atoms with E-state index in [0.717, 1.165) is 15.8 Å². The van der Waals surface area contributed by atoms with E-state index in [1.54, 1.807) is 27.0 Å². The van der Waals surface area contributed by atoms with Gasteiger partial charge in [0.25, 0.3) is 0 Å². The molecule has 6 nitrogen and oxygen atoms in total. The zero-order valence-corrected chi connectivity index (χ0v) is 13.9. The van der Waals surface area contributed by atoms with E-state index >= 15 is 0 Å². The van der Waals surface area contributed by atoms with E-state index in [1.165, 1.54) is 4.40 Å². The molecule has 3 rings (SSSR count). The van der Waals surface area contributed by atoms with Gasteiger partial charge in [0.2, 0.25) is 0 Å². The van der Waals surface area contributed by atoms with Crippen molar-refractivity contribution in [2.45, 2.75) is 32.9 Å². The Morgan fingerprint density at radius 1 is 1.12 bits per heavy atom. The summed E-state index contributed by atoms with van der Waals surface area (Å²) < 4.78 is 7.77. The van der Waals surface area contributed by atoms with Gasteiger partial charge in [0.15, 0.2) is 5.65 Å². The summed E-state index contributed by atoms with van der Waals surface area (Å²) in [6.07, 6.45) is 1.67. The minimum atomic E-state index is -0.597. The van der Waals surface area contributed by atoms with Gasteiger partial charge in [0, 0.05) is 6.20 Å². The van der Waals surface area contributed by atoms with Gasteiger partial charge in [0.1, 0.15) is 12.1 Å². The number of rotatable bonds is 3. The van der Waals surface area contributed by atoms with Crippen molar-refractivity contribution in [3.63, 3.8) is 0 Å². The number of ether oxygens (including phenoxy) is 1. The van der Waals surface area contributed by atoms with Crippen LogP contribution in [0.25, 0.3) is 16.8 Å². The quantitative estimate of drug-likeness (QED) is 0.694. The average Bonchev–Trinajstić information content (AvgIpc) is 2.82. The predicted molar refractivity (Wildman–Crippen MR) is 90.7 cm³/mol. The van der Waals surface area contributed by atoms with Crippen LogP contribution in [0.1, 0.15) is 20.8 Å². The van der Waals surface area contributed by atoms with E-state index in [4.69, 9.17) is 4.74 Å². The molecule has 0 bridgehead atoms. The van der Waals surface area contributed by atoms with Crippen molar-refractivity contribution in [3.05, 3.63) is 59.1 Å². The Morgan fingerprint density at radius 3 is 2.50 bits per heavy atom. The van der Waals surface area contributed by atoms with Crippen LogP contribution in [0.3, 0.4) is 0 Å². The second-order valence-corrected chi connectivity index (χ2v) is 6.54. The summed E-state index contributed by atoms with van der Waals surface area (Å²) in [5.41, 5.74) is 1.52. The number of hydrogen-bond acceptors (Lipinski definition) is 4. The monoisotopic (exact) mass is 325 g/mol. The lowest BCUT2D eigenvalue weighted by Crippen LogP contribution is -2.30. The molecular weight excluding hydrogens is 306 g/mol.